The highest BCUT2D eigenvalue weighted by Crippen LogP contribution is 2.39. The van der Waals surface area contributed by atoms with Crippen LogP contribution < -0.4 is 20.8 Å². The maximum Gasteiger partial charge on any atom is 0.471 e. The molecule has 0 radical (unpaired) electrons. The first kappa shape index (κ1) is 27.8. The van der Waals surface area contributed by atoms with Gasteiger partial charge < -0.3 is 15.3 Å². The number of rotatable bonds is 8. The van der Waals surface area contributed by atoms with Crippen molar-refractivity contribution in [2.45, 2.75) is 54.0 Å². The minimum Gasteiger partial charge on any atom is -0.509 e. The van der Waals surface area contributed by atoms with E-state index in [2.05, 4.69) is 37.4 Å². The van der Waals surface area contributed by atoms with E-state index in [-0.39, 0.29) is 39.3 Å². The molecule has 1 unspecified atom stereocenters. The van der Waals surface area contributed by atoms with Crippen molar-refractivity contribution in [1.82, 2.24) is 4.90 Å². The van der Waals surface area contributed by atoms with Gasteiger partial charge in [0.15, 0.2) is 0 Å². The summed E-state index contributed by atoms with van der Waals surface area (Å²) < 4.78 is 37.5. The van der Waals surface area contributed by atoms with E-state index in [1.165, 1.54) is 18.2 Å². The fraction of sp³-hybridized carbons (Fsp3) is 0.522. The van der Waals surface area contributed by atoms with Crippen LogP contribution in [-0.4, -0.2) is 43.2 Å². The number of benzene rings is 1. The van der Waals surface area contributed by atoms with E-state index in [0.29, 0.717) is 12.2 Å². The smallest absolute Gasteiger partial charge is 0.471 e. The molecule has 0 saturated carbocycles. The number of nitrogens with one attached hydrogen (secondary N) is 2. The third-order valence-corrected chi connectivity index (χ3v) is 6.80. The second-order valence-electron chi connectivity index (χ2n) is 10.9. The molecular formula is C23H36N4O5PS+. The summed E-state index contributed by atoms with van der Waals surface area (Å²) in [6, 6.07) is 3.79. The van der Waals surface area contributed by atoms with Gasteiger partial charge in [-0.25, -0.2) is 8.42 Å². The molecule has 2 rings (SSSR count). The molecule has 0 aromatic heterocycles. The molecule has 5 N–H and O–H groups in total. The Balaban J connectivity index is 2.41. The van der Waals surface area contributed by atoms with Crippen LogP contribution in [0.25, 0.3) is 0 Å². The molecule has 0 spiro atoms. The quantitative estimate of drug-likeness (QED) is 0.389. The largest absolute Gasteiger partial charge is 0.509 e. The summed E-state index contributed by atoms with van der Waals surface area (Å²) in [5.41, 5.74) is 5.90. The van der Waals surface area contributed by atoms with Crippen LogP contribution in [0.15, 0.2) is 41.8 Å². The lowest BCUT2D eigenvalue weighted by Crippen LogP contribution is -2.45. The molecule has 9 nitrogen and oxygen atoms in total. The van der Waals surface area contributed by atoms with E-state index in [1.54, 1.807) is 4.90 Å². The van der Waals surface area contributed by atoms with Gasteiger partial charge >= 0.3 is 7.95 Å². The van der Waals surface area contributed by atoms with E-state index in [9.17, 15) is 22.9 Å². The van der Waals surface area contributed by atoms with Gasteiger partial charge in [0, 0.05) is 18.3 Å². The Labute approximate surface area is 203 Å². The summed E-state index contributed by atoms with van der Waals surface area (Å²) in [6.07, 6.45) is 1.75. The van der Waals surface area contributed by atoms with Crippen molar-refractivity contribution in [2.75, 3.05) is 22.8 Å². The normalized spacial score (nSPS) is 17.8. The minimum atomic E-state index is -3.54. The molecule has 34 heavy (non-hydrogen) atoms. The van der Waals surface area contributed by atoms with Crippen molar-refractivity contribution < 1.29 is 22.9 Å². The maximum atomic E-state index is 13.4. The Kier molecular flexibility index (Phi) is 7.92. The standard InChI is InChI=1S/C23H35N4O5PS/c1-14(25-16-10-9-15(26-34(8,31)32)13-17(16)33(24)30)18-19(28)20(23(5,6)7)27(21(18)29)12-11-22(2,3)4/h9-10,13,20,26H,1,11-12H2,2-8H3,(H3-,24,25,28,29,30)/p+1/t20-/m1/s1. The highest BCUT2D eigenvalue weighted by atomic mass is 32.2. The van der Waals surface area contributed by atoms with Gasteiger partial charge in [-0.15, -0.1) is 5.50 Å². The summed E-state index contributed by atoms with van der Waals surface area (Å²) in [4.78, 5) is 15.1. The van der Waals surface area contributed by atoms with E-state index >= 15 is 0 Å². The van der Waals surface area contributed by atoms with Crippen LogP contribution in [0.5, 0.6) is 0 Å². The number of carbonyl (C=O) groups excluding carboxylic acids is 1. The van der Waals surface area contributed by atoms with Gasteiger partial charge in [0.1, 0.15) is 11.3 Å². The lowest BCUT2D eigenvalue weighted by molar-refractivity contribution is -0.129. The van der Waals surface area contributed by atoms with Gasteiger partial charge in [-0.2, -0.15) is 0 Å². The SMILES string of the molecule is C=C(Nc1ccc(NS(C)(=O)=O)cc1[P+](N)=O)C1=C(O)[C@H](C(C)(C)C)N(CCC(C)(C)C)C1=O. The van der Waals surface area contributed by atoms with E-state index in [4.69, 9.17) is 5.50 Å². The molecule has 11 heteroatoms. The molecule has 0 saturated heterocycles. The van der Waals surface area contributed by atoms with Crippen molar-refractivity contribution in [3.05, 3.63) is 41.8 Å². The van der Waals surface area contributed by atoms with Crippen LogP contribution in [0.4, 0.5) is 11.4 Å². The molecule has 0 bridgehead atoms. The van der Waals surface area contributed by atoms with Crippen LogP contribution in [0.1, 0.15) is 48.0 Å². The molecule has 1 amide bonds. The average Bonchev–Trinajstić information content (AvgIpc) is 2.89. The fourth-order valence-corrected chi connectivity index (χ4v) is 5.01. The summed E-state index contributed by atoms with van der Waals surface area (Å²) in [7, 11) is -5.90. The lowest BCUT2D eigenvalue weighted by atomic mass is 9.84. The molecule has 0 fully saturated rings. The van der Waals surface area contributed by atoms with Crippen molar-refractivity contribution in [1.29, 1.82) is 0 Å². The topological polar surface area (TPSA) is 142 Å². The summed E-state index contributed by atoms with van der Waals surface area (Å²) in [6.45, 7) is 16.5. The van der Waals surface area contributed by atoms with Crippen LogP contribution in [0.2, 0.25) is 0 Å². The highest BCUT2D eigenvalue weighted by Gasteiger charge is 2.46. The van der Waals surface area contributed by atoms with Crippen LogP contribution in [0, 0.1) is 10.8 Å². The Morgan fingerprint density at radius 3 is 2.29 bits per heavy atom. The fourth-order valence-electron chi connectivity index (χ4n) is 3.82. The number of carbonyl (C=O) groups is 1. The number of anilines is 2. The molecule has 1 heterocycles. The van der Waals surface area contributed by atoms with Crippen LogP contribution in [-0.2, 0) is 19.4 Å². The van der Waals surface area contributed by atoms with Gasteiger partial charge in [-0.3, -0.25) is 9.52 Å². The Hall–Kier alpha value is -2.42. The summed E-state index contributed by atoms with van der Waals surface area (Å²) >= 11 is 0. The Morgan fingerprint density at radius 2 is 1.82 bits per heavy atom. The number of nitrogens with zero attached hydrogens (tertiary/aromatic N) is 1. The van der Waals surface area contributed by atoms with Crippen LogP contribution in [0.3, 0.4) is 0 Å². The molecule has 1 aliphatic heterocycles. The lowest BCUT2D eigenvalue weighted by Gasteiger charge is -2.36. The van der Waals surface area contributed by atoms with Crippen molar-refractivity contribution in [3.63, 3.8) is 0 Å². The molecule has 0 aliphatic carbocycles. The third kappa shape index (κ3) is 6.81. The van der Waals surface area contributed by atoms with Gasteiger partial charge in [-0.1, -0.05) is 48.1 Å². The number of sulfonamides is 1. The average molecular weight is 512 g/mol. The van der Waals surface area contributed by atoms with Crippen molar-refractivity contribution in [3.8, 4) is 0 Å². The number of aliphatic hydroxyl groups is 1. The molecule has 188 valence electrons. The third-order valence-electron chi connectivity index (χ3n) is 5.35. The number of hydrogen-bond acceptors (Lipinski definition) is 6. The first-order valence-corrected chi connectivity index (χ1v) is 14.1. The molecular weight excluding hydrogens is 475 g/mol. The monoisotopic (exact) mass is 511 g/mol. The van der Waals surface area contributed by atoms with E-state index < -0.39 is 29.4 Å². The first-order chi connectivity index (χ1) is 15.3. The Morgan fingerprint density at radius 1 is 1.24 bits per heavy atom. The predicted octanol–water partition coefficient (Wildman–Crippen LogP) is 3.82. The van der Waals surface area contributed by atoms with Gasteiger partial charge in [0.05, 0.1) is 23.7 Å². The van der Waals surface area contributed by atoms with Gasteiger partial charge in [0.25, 0.3) is 5.91 Å². The number of aliphatic hydroxyl groups excluding tert-OH is 1. The van der Waals surface area contributed by atoms with Gasteiger partial charge in [-0.05, 0) is 33.9 Å². The number of amides is 1. The number of hydrogen-bond donors (Lipinski definition) is 4. The first-order valence-electron chi connectivity index (χ1n) is 10.9. The van der Waals surface area contributed by atoms with Gasteiger partial charge in [0.2, 0.25) is 15.3 Å². The van der Waals surface area contributed by atoms with E-state index in [1.807, 2.05) is 20.8 Å². The van der Waals surface area contributed by atoms with Crippen molar-refractivity contribution >= 4 is 40.6 Å². The Bertz CT molecular complexity index is 1150. The summed E-state index contributed by atoms with van der Waals surface area (Å²) in [5, 5.41) is 14.2. The van der Waals surface area contributed by atoms with Crippen molar-refractivity contribution in [2.24, 2.45) is 16.3 Å². The highest BCUT2D eigenvalue weighted by molar-refractivity contribution is 7.92. The zero-order chi connectivity index (χ0) is 26.2. The minimum absolute atomic E-state index is 0.000574. The van der Waals surface area contributed by atoms with Crippen LogP contribution >= 0.6 is 7.95 Å². The summed E-state index contributed by atoms with van der Waals surface area (Å²) in [5.74, 6) is -0.411. The maximum absolute atomic E-state index is 13.4. The zero-order valence-electron chi connectivity index (χ0n) is 20.9. The molecule has 1 aromatic rings. The molecule has 1 aliphatic rings. The zero-order valence-corrected chi connectivity index (χ0v) is 22.6. The molecule has 1 aromatic carbocycles. The second kappa shape index (κ2) is 9.68. The predicted molar refractivity (Wildman–Crippen MR) is 138 cm³/mol. The second-order valence-corrected chi connectivity index (χ2v) is 13.8. The number of nitrogens with two attached hydrogens (primary N) is 1. The molecule has 2 atom stereocenters. The van der Waals surface area contributed by atoms with E-state index in [0.717, 1.165) is 12.7 Å².